The van der Waals surface area contributed by atoms with E-state index in [-0.39, 0.29) is 30.3 Å². The third-order valence-corrected chi connectivity index (χ3v) is 3.67. The summed E-state index contributed by atoms with van der Waals surface area (Å²) in [5.41, 5.74) is 0.428. The van der Waals surface area contributed by atoms with Crippen LogP contribution in [0, 0.1) is 11.7 Å². The lowest BCUT2D eigenvalue weighted by Crippen LogP contribution is -2.38. The Balaban J connectivity index is 2.78. The fourth-order valence-corrected chi connectivity index (χ4v) is 1.90. The zero-order valence-electron chi connectivity index (χ0n) is 10.7. The predicted octanol–water partition coefficient (Wildman–Crippen LogP) is 2.29. The molecule has 0 aliphatic rings. The Morgan fingerprint density at radius 1 is 1.50 bits per heavy atom. The summed E-state index contributed by atoms with van der Waals surface area (Å²) in [7, 11) is 0. The van der Waals surface area contributed by atoms with Crippen molar-refractivity contribution in [2.45, 2.75) is 24.8 Å². The maximum Gasteiger partial charge on any atom is 0.251 e. The average Bonchev–Trinajstić information content (AvgIpc) is 2.37. The van der Waals surface area contributed by atoms with Crippen molar-refractivity contribution >= 4 is 17.7 Å². The number of thioether (sulfide) groups is 1. The Morgan fingerprint density at radius 2 is 2.17 bits per heavy atom. The van der Waals surface area contributed by atoms with Crippen molar-refractivity contribution in [2.75, 3.05) is 12.9 Å². The largest absolute Gasteiger partial charge is 0.396 e. The van der Waals surface area contributed by atoms with Crippen molar-refractivity contribution in [1.29, 1.82) is 0 Å². The Morgan fingerprint density at radius 3 is 2.72 bits per heavy atom. The maximum absolute atomic E-state index is 13.3. The minimum absolute atomic E-state index is 0.0148. The van der Waals surface area contributed by atoms with Crippen molar-refractivity contribution in [2.24, 2.45) is 5.92 Å². The van der Waals surface area contributed by atoms with Crippen LogP contribution in [0.2, 0.25) is 0 Å². The van der Waals surface area contributed by atoms with Crippen LogP contribution in [0.1, 0.15) is 24.2 Å². The summed E-state index contributed by atoms with van der Waals surface area (Å²) < 4.78 is 13.3. The first-order chi connectivity index (χ1) is 8.49. The summed E-state index contributed by atoms with van der Waals surface area (Å²) in [4.78, 5) is 12.4. The van der Waals surface area contributed by atoms with E-state index >= 15 is 0 Å². The van der Waals surface area contributed by atoms with Crippen LogP contribution < -0.4 is 5.32 Å². The van der Waals surface area contributed by atoms with Gasteiger partial charge in [-0.25, -0.2) is 4.39 Å². The highest BCUT2D eigenvalue weighted by atomic mass is 32.2. The number of aliphatic hydroxyl groups is 1. The summed E-state index contributed by atoms with van der Waals surface area (Å²) >= 11 is 1.26. The van der Waals surface area contributed by atoms with Gasteiger partial charge in [0.05, 0.1) is 0 Å². The van der Waals surface area contributed by atoms with Gasteiger partial charge < -0.3 is 10.4 Å². The molecule has 0 spiro atoms. The van der Waals surface area contributed by atoms with Crippen LogP contribution >= 0.6 is 11.8 Å². The van der Waals surface area contributed by atoms with Crippen LogP contribution in [-0.2, 0) is 0 Å². The highest BCUT2D eigenvalue weighted by molar-refractivity contribution is 7.98. The number of hydrogen-bond acceptors (Lipinski definition) is 3. The van der Waals surface area contributed by atoms with Crippen LogP contribution in [0.4, 0.5) is 4.39 Å². The summed E-state index contributed by atoms with van der Waals surface area (Å²) in [6.45, 7) is 3.70. The normalized spacial score (nSPS) is 14.1. The molecule has 0 heterocycles. The third kappa shape index (κ3) is 3.71. The number of amides is 1. The minimum atomic E-state index is -0.323. The molecule has 0 aliphatic carbocycles. The summed E-state index contributed by atoms with van der Waals surface area (Å²) in [5.74, 6) is -0.594. The van der Waals surface area contributed by atoms with E-state index in [0.29, 0.717) is 10.5 Å². The number of benzene rings is 1. The molecule has 0 saturated heterocycles. The fourth-order valence-electron chi connectivity index (χ4n) is 1.39. The van der Waals surface area contributed by atoms with Crippen molar-refractivity contribution in [3.05, 3.63) is 29.6 Å². The molecular formula is C13H18FNO2S. The first-order valence-electron chi connectivity index (χ1n) is 5.74. The molecule has 0 aromatic heterocycles. The first-order valence-corrected chi connectivity index (χ1v) is 6.97. The molecule has 2 atom stereocenters. The van der Waals surface area contributed by atoms with Crippen molar-refractivity contribution < 1.29 is 14.3 Å². The number of halogens is 1. The Bertz CT molecular complexity index is 425. The van der Waals surface area contributed by atoms with E-state index in [9.17, 15) is 9.18 Å². The number of carbonyl (C=O) groups is 1. The van der Waals surface area contributed by atoms with Crippen LogP contribution in [0.5, 0.6) is 0 Å². The Hall–Kier alpha value is -1.07. The summed E-state index contributed by atoms with van der Waals surface area (Å²) in [6.07, 6.45) is 1.76. The second-order valence-electron chi connectivity index (χ2n) is 4.27. The van der Waals surface area contributed by atoms with Gasteiger partial charge in [0.2, 0.25) is 0 Å². The maximum atomic E-state index is 13.3. The molecule has 1 rings (SSSR count). The Kier molecular flexibility index (Phi) is 5.62. The molecule has 5 heteroatoms. The highest BCUT2D eigenvalue weighted by Crippen LogP contribution is 2.20. The predicted molar refractivity (Wildman–Crippen MR) is 71.4 cm³/mol. The molecule has 1 aromatic carbocycles. The van der Waals surface area contributed by atoms with Gasteiger partial charge in [0, 0.05) is 23.1 Å². The highest BCUT2D eigenvalue weighted by Gasteiger charge is 2.16. The van der Waals surface area contributed by atoms with Crippen LogP contribution in [-0.4, -0.2) is 29.9 Å². The minimum Gasteiger partial charge on any atom is -0.396 e. The molecule has 0 aliphatic heterocycles. The van der Waals surface area contributed by atoms with E-state index in [2.05, 4.69) is 5.32 Å². The third-order valence-electron chi connectivity index (χ3n) is 2.91. The molecule has 1 aromatic rings. The Labute approximate surface area is 111 Å². The second kappa shape index (κ2) is 6.75. The molecule has 100 valence electrons. The lowest BCUT2D eigenvalue weighted by atomic mass is 10.0. The van der Waals surface area contributed by atoms with Gasteiger partial charge in [-0.2, -0.15) is 0 Å². The van der Waals surface area contributed by atoms with Gasteiger partial charge in [-0.15, -0.1) is 11.8 Å². The van der Waals surface area contributed by atoms with Gasteiger partial charge in [0.15, 0.2) is 0 Å². The smallest absolute Gasteiger partial charge is 0.251 e. The number of carbonyl (C=O) groups excluding carboxylic acids is 1. The molecule has 3 nitrogen and oxygen atoms in total. The van der Waals surface area contributed by atoms with Crippen molar-refractivity contribution in [3.63, 3.8) is 0 Å². The van der Waals surface area contributed by atoms with Crippen molar-refractivity contribution in [1.82, 2.24) is 5.32 Å². The lowest BCUT2D eigenvalue weighted by molar-refractivity contribution is 0.0916. The summed E-state index contributed by atoms with van der Waals surface area (Å²) in [5, 5.41) is 11.8. The van der Waals surface area contributed by atoms with Gasteiger partial charge in [-0.1, -0.05) is 6.92 Å². The SMILES string of the molecule is CSc1cc(C(=O)NC(C)C(C)CO)ccc1F. The first kappa shape index (κ1) is 15.0. The molecule has 2 unspecified atom stereocenters. The zero-order valence-corrected chi connectivity index (χ0v) is 11.6. The molecule has 1 amide bonds. The van der Waals surface area contributed by atoms with E-state index < -0.39 is 0 Å². The quantitative estimate of drug-likeness (QED) is 0.808. The number of hydrogen-bond donors (Lipinski definition) is 2. The zero-order chi connectivity index (χ0) is 13.7. The van der Waals surface area contributed by atoms with E-state index in [0.717, 1.165) is 0 Å². The van der Waals surface area contributed by atoms with Gasteiger partial charge in [0.25, 0.3) is 5.91 Å². The fraction of sp³-hybridized carbons (Fsp3) is 0.462. The van der Waals surface area contributed by atoms with Gasteiger partial charge in [0.1, 0.15) is 5.82 Å². The van der Waals surface area contributed by atoms with Crippen LogP contribution in [0.15, 0.2) is 23.1 Å². The van der Waals surface area contributed by atoms with Gasteiger partial charge >= 0.3 is 0 Å². The molecule has 0 saturated carbocycles. The monoisotopic (exact) mass is 271 g/mol. The molecular weight excluding hydrogens is 253 g/mol. The lowest BCUT2D eigenvalue weighted by Gasteiger charge is -2.19. The van der Waals surface area contributed by atoms with Gasteiger partial charge in [-0.05, 0) is 37.3 Å². The van der Waals surface area contributed by atoms with Crippen molar-refractivity contribution in [3.8, 4) is 0 Å². The topological polar surface area (TPSA) is 49.3 Å². The molecule has 18 heavy (non-hydrogen) atoms. The van der Waals surface area contributed by atoms with E-state index in [1.807, 2.05) is 13.8 Å². The average molecular weight is 271 g/mol. The van der Waals surface area contributed by atoms with Gasteiger partial charge in [-0.3, -0.25) is 4.79 Å². The standard InChI is InChI=1S/C13H18FNO2S/c1-8(7-16)9(2)15-13(17)10-4-5-11(14)12(6-10)18-3/h4-6,8-9,16H,7H2,1-3H3,(H,15,17). The van der Waals surface area contributed by atoms with E-state index in [1.54, 1.807) is 6.26 Å². The number of aliphatic hydroxyl groups excluding tert-OH is 1. The second-order valence-corrected chi connectivity index (χ2v) is 5.12. The summed E-state index contributed by atoms with van der Waals surface area (Å²) in [6, 6.07) is 4.15. The molecule has 0 fully saturated rings. The van der Waals surface area contributed by atoms with E-state index in [4.69, 9.17) is 5.11 Å². The number of rotatable bonds is 5. The van der Waals surface area contributed by atoms with E-state index in [1.165, 1.54) is 30.0 Å². The van der Waals surface area contributed by atoms with Crippen LogP contribution in [0.3, 0.4) is 0 Å². The number of nitrogens with one attached hydrogen (secondary N) is 1. The van der Waals surface area contributed by atoms with Crippen LogP contribution in [0.25, 0.3) is 0 Å². The molecule has 2 N–H and O–H groups in total. The molecule has 0 bridgehead atoms. The molecule has 0 radical (unpaired) electrons.